The SMILES string of the molecule is CNC1CCN(c2ccc(Nc3nccc(Nc4ccnc(Cl)n4)n3)cc2)CC1. The van der Waals surface area contributed by atoms with Crippen LogP contribution < -0.4 is 20.9 Å². The minimum Gasteiger partial charge on any atom is -0.371 e. The Morgan fingerprint density at radius 3 is 2.28 bits per heavy atom. The minimum absolute atomic E-state index is 0.178. The number of hydrogen-bond donors (Lipinski definition) is 3. The molecule has 0 spiro atoms. The standard InChI is InChI=1S/C20H23ClN8/c1-22-14-8-12-29(13-9-14)16-4-2-15(3-5-16)25-20-24-11-7-18(28-20)26-17-6-10-23-19(21)27-17/h2-7,10-11,14,22H,8-9,12-13H2,1H3,(H2,23,24,25,26,27,28). The number of anilines is 5. The Bertz CT molecular complexity index is 941. The summed E-state index contributed by atoms with van der Waals surface area (Å²) >= 11 is 5.82. The molecule has 3 aromatic rings. The molecule has 0 unspecified atom stereocenters. The van der Waals surface area contributed by atoms with Crippen LogP contribution in [0.2, 0.25) is 5.28 Å². The van der Waals surface area contributed by atoms with Gasteiger partial charge in [0.2, 0.25) is 11.2 Å². The highest BCUT2D eigenvalue weighted by Gasteiger charge is 2.17. The van der Waals surface area contributed by atoms with Gasteiger partial charge in [-0.1, -0.05) is 0 Å². The van der Waals surface area contributed by atoms with Crippen LogP contribution in [0.15, 0.2) is 48.8 Å². The van der Waals surface area contributed by atoms with Crippen LogP contribution >= 0.6 is 11.6 Å². The van der Waals surface area contributed by atoms with E-state index >= 15 is 0 Å². The van der Waals surface area contributed by atoms with Crippen molar-refractivity contribution >= 4 is 40.6 Å². The molecule has 1 saturated heterocycles. The van der Waals surface area contributed by atoms with Crippen molar-refractivity contribution in [3.05, 3.63) is 54.1 Å². The predicted molar refractivity (Wildman–Crippen MR) is 116 cm³/mol. The smallest absolute Gasteiger partial charge is 0.229 e. The summed E-state index contributed by atoms with van der Waals surface area (Å²) in [5.74, 6) is 1.68. The molecular weight excluding hydrogens is 388 g/mol. The maximum absolute atomic E-state index is 5.82. The van der Waals surface area contributed by atoms with Crippen molar-refractivity contribution in [2.24, 2.45) is 0 Å². The van der Waals surface area contributed by atoms with E-state index in [-0.39, 0.29) is 5.28 Å². The van der Waals surface area contributed by atoms with Crippen LogP contribution in [0.3, 0.4) is 0 Å². The summed E-state index contributed by atoms with van der Waals surface area (Å²) in [6.07, 6.45) is 5.60. The summed E-state index contributed by atoms with van der Waals surface area (Å²) in [5, 5.41) is 9.88. The molecule has 1 aliphatic rings. The third-order valence-electron chi connectivity index (χ3n) is 4.93. The summed E-state index contributed by atoms with van der Waals surface area (Å²) < 4.78 is 0. The second-order valence-corrected chi connectivity index (χ2v) is 7.16. The first-order valence-corrected chi connectivity index (χ1v) is 9.95. The molecule has 9 heteroatoms. The van der Waals surface area contributed by atoms with Crippen molar-refractivity contribution in [3.8, 4) is 0 Å². The summed E-state index contributed by atoms with van der Waals surface area (Å²) in [4.78, 5) is 19.1. The largest absolute Gasteiger partial charge is 0.371 e. The Kier molecular flexibility index (Phi) is 6.02. The molecular formula is C20H23ClN8. The summed E-state index contributed by atoms with van der Waals surface area (Å²) in [6.45, 7) is 2.14. The van der Waals surface area contributed by atoms with Crippen LogP contribution in [0.1, 0.15) is 12.8 Å². The first kappa shape index (κ1) is 19.4. The molecule has 0 saturated carbocycles. The number of rotatable bonds is 6. The Labute approximate surface area is 174 Å². The lowest BCUT2D eigenvalue weighted by molar-refractivity contribution is 0.442. The lowest BCUT2D eigenvalue weighted by Crippen LogP contribution is -2.41. The molecule has 3 N–H and O–H groups in total. The fraction of sp³-hybridized carbons (Fsp3) is 0.300. The number of nitrogens with one attached hydrogen (secondary N) is 3. The topological polar surface area (TPSA) is 90.9 Å². The number of hydrogen-bond acceptors (Lipinski definition) is 8. The van der Waals surface area contributed by atoms with E-state index in [0.29, 0.717) is 23.6 Å². The average Bonchev–Trinajstić information content (AvgIpc) is 2.75. The van der Waals surface area contributed by atoms with Gasteiger partial charge in [0.25, 0.3) is 0 Å². The van der Waals surface area contributed by atoms with Crippen LogP contribution in [0.25, 0.3) is 0 Å². The monoisotopic (exact) mass is 410 g/mol. The second-order valence-electron chi connectivity index (χ2n) is 6.82. The number of halogens is 1. The highest BCUT2D eigenvalue weighted by Crippen LogP contribution is 2.23. The lowest BCUT2D eigenvalue weighted by atomic mass is 10.0. The maximum Gasteiger partial charge on any atom is 0.229 e. The zero-order valence-electron chi connectivity index (χ0n) is 16.1. The summed E-state index contributed by atoms with van der Waals surface area (Å²) in [6, 6.07) is 12.5. The predicted octanol–water partition coefficient (Wildman–Crippen LogP) is 3.60. The summed E-state index contributed by atoms with van der Waals surface area (Å²) in [5.41, 5.74) is 2.17. The maximum atomic E-state index is 5.82. The van der Waals surface area contributed by atoms with E-state index in [2.05, 4.69) is 52.9 Å². The fourth-order valence-electron chi connectivity index (χ4n) is 3.34. The zero-order valence-corrected chi connectivity index (χ0v) is 16.9. The lowest BCUT2D eigenvalue weighted by Gasteiger charge is -2.33. The third-order valence-corrected chi connectivity index (χ3v) is 5.11. The summed E-state index contributed by atoms with van der Waals surface area (Å²) in [7, 11) is 2.04. The molecule has 1 aliphatic heterocycles. The van der Waals surface area contributed by atoms with Gasteiger partial charge in [-0.15, -0.1) is 0 Å². The molecule has 8 nitrogen and oxygen atoms in total. The Balaban J connectivity index is 1.39. The number of benzene rings is 1. The van der Waals surface area contributed by atoms with Crippen molar-refractivity contribution in [2.75, 3.05) is 35.7 Å². The van der Waals surface area contributed by atoms with Gasteiger partial charge in [0.15, 0.2) is 0 Å². The van der Waals surface area contributed by atoms with E-state index in [9.17, 15) is 0 Å². The zero-order chi connectivity index (χ0) is 20.1. The number of nitrogens with zero attached hydrogens (tertiary/aromatic N) is 5. The van der Waals surface area contributed by atoms with Gasteiger partial charge >= 0.3 is 0 Å². The highest BCUT2D eigenvalue weighted by molar-refractivity contribution is 6.28. The molecule has 1 aromatic carbocycles. The van der Waals surface area contributed by atoms with Gasteiger partial charge in [-0.3, -0.25) is 0 Å². The molecule has 1 fully saturated rings. The quantitative estimate of drug-likeness (QED) is 0.531. The van der Waals surface area contributed by atoms with Crippen molar-refractivity contribution in [2.45, 2.75) is 18.9 Å². The van der Waals surface area contributed by atoms with Crippen molar-refractivity contribution in [1.29, 1.82) is 0 Å². The highest BCUT2D eigenvalue weighted by atomic mass is 35.5. The van der Waals surface area contributed by atoms with Crippen molar-refractivity contribution in [1.82, 2.24) is 25.3 Å². The van der Waals surface area contributed by atoms with Crippen LogP contribution in [0, 0.1) is 0 Å². The molecule has 0 amide bonds. The van der Waals surface area contributed by atoms with Gasteiger partial charge in [-0.2, -0.15) is 4.98 Å². The van der Waals surface area contributed by atoms with E-state index < -0.39 is 0 Å². The van der Waals surface area contributed by atoms with Crippen molar-refractivity contribution in [3.63, 3.8) is 0 Å². The molecule has 29 heavy (non-hydrogen) atoms. The van der Waals surface area contributed by atoms with Gasteiger partial charge in [-0.05, 0) is 67.9 Å². The van der Waals surface area contributed by atoms with Crippen LogP contribution in [0.4, 0.5) is 29.0 Å². The third kappa shape index (κ3) is 5.10. The Morgan fingerprint density at radius 1 is 0.897 bits per heavy atom. The van der Waals surface area contributed by atoms with E-state index in [0.717, 1.165) is 18.8 Å². The number of piperidine rings is 1. The van der Waals surface area contributed by atoms with Gasteiger partial charge < -0.3 is 20.9 Å². The second kappa shape index (κ2) is 9.02. The first-order chi connectivity index (χ1) is 14.2. The average molecular weight is 411 g/mol. The fourth-order valence-corrected chi connectivity index (χ4v) is 3.48. The minimum atomic E-state index is 0.178. The molecule has 0 radical (unpaired) electrons. The van der Waals surface area contributed by atoms with Crippen LogP contribution in [0.5, 0.6) is 0 Å². The Hall–Kier alpha value is -2.97. The molecule has 0 bridgehead atoms. The van der Waals surface area contributed by atoms with E-state index in [1.807, 2.05) is 19.2 Å². The van der Waals surface area contributed by atoms with Crippen molar-refractivity contribution < 1.29 is 0 Å². The Morgan fingerprint density at radius 2 is 1.59 bits per heavy atom. The molecule has 3 heterocycles. The van der Waals surface area contributed by atoms with Gasteiger partial charge in [-0.25, -0.2) is 15.0 Å². The molecule has 0 aliphatic carbocycles. The van der Waals surface area contributed by atoms with Gasteiger partial charge in [0.1, 0.15) is 11.6 Å². The van der Waals surface area contributed by atoms with Crippen LogP contribution in [-0.4, -0.2) is 46.1 Å². The normalized spacial score (nSPS) is 14.6. The molecule has 4 rings (SSSR count). The van der Waals surface area contributed by atoms with E-state index in [4.69, 9.17) is 11.6 Å². The molecule has 0 atom stereocenters. The number of aromatic nitrogens is 4. The van der Waals surface area contributed by atoms with Crippen LogP contribution in [-0.2, 0) is 0 Å². The first-order valence-electron chi connectivity index (χ1n) is 9.57. The van der Waals surface area contributed by atoms with Gasteiger partial charge in [0, 0.05) is 42.9 Å². The van der Waals surface area contributed by atoms with Gasteiger partial charge in [0.05, 0.1) is 0 Å². The molecule has 2 aromatic heterocycles. The van der Waals surface area contributed by atoms with E-state index in [1.54, 1.807) is 24.5 Å². The van der Waals surface area contributed by atoms with E-state index in [1.165, 1.54) is 18.5 Å². The molecule has 150 valence electrons.